The third kappa shape index (κ3) is 17.5. The topological polar surface area (TPSA) is 363 Å². The molecule has 0 atom stereocenters. The van der Waals surface area contributed by atoms with Crippen LogP contribution in [0.15, 0.2) is 107 Å². The van der Waals surface area contributed by atoms with E-state index in [-0.39, 0.29) is 202 Å². The molecule has 3 aromatic carbocycles. The predicted octanol–water partition coefficient (Wildman–Crippen LogP) is 17.7. The number of benzene rings is 3. The highest BCUT2D eigenvalue weighted by Crippen LogP contribution is 2.48. The molecule has 0 spiro atoms. The van der Waals surface area contributed by atoms with Crippen molar-refractivity contribution in [2.75, 3.05) is 110 Å². The standard InChI is InChI=1S/3C31H26Cl2F3N7O2/c2*1-5-19(44)41-8-10-42(11-9-41)29-16-12-18(32)27(20-22(34)21(33)23(35)24(36)25(20)38)40-30(16)43(31(45)17(29)13-37)28-15(4)6-7-39-26(28)14(2)3;1-5-19(44)41-8-10-42(11-9-41)29-16-12-18(32)27(20-21(33)22(34)23(35)24(36)25(20)38)40-30(16)43(31(45)17(29)13-37)28-15(4)6-7-39-26(28)14(2)3/h3*5-7,12,14H,1,8-11,38H2,2-4H3. The van der Waals surface area contributed by atoms with E-state index in [2.05, 4.69) is 49.6 Å². The fraction of sp³-hybridized carbons (Fsp3) is 0.258. The molecule has 0 saturated carbocycles. The van der Waals surface area contributed by atoms with Crippen LogP contribution in [0, 0.1) is 107 Å². The van der Waals surface area contributed by atoms with Crippen LogP contribution in [-0.4, -0.2) is 155 Å². The molecule has 135 heavy (non-hydrogen) atoms. The number of aromatic nitrogens is 9. The van der Waals surface area contributed by atoms with E-state index in [0.717, 1.165) is 0 Å². The number of nitrogens with zero attached hydrogens (tertiary/aromatic N) is 18. The van der Waals surface area contributed by atoms with Gasteiger partial charge < -0.3 is 46.6 Å². The first-order valence-electron chi connectivity index (χ1n) is 41.3. The minimum absolute atomic E-state index is 0.0448. The summed E-state index contributed by atoms with van der Waals surface area (Å²) in [6.45, 7) is 30.2. The summed E-state index contributed by atoms with van der Waals surface area (Å²) in [6.07, 6.45) is 8.37. The number of hydrogen-bond acceptors (Lipinski definition) is 21. The van der Waals surface area contributed by atoms with E-state index in [1.807, 2.05) is 59.8 Å². The van der Waals surface area contributed by atoms with Gasteiger partial charge in [0.25, 0.3) is 16.7 Å². The van der Waals surface area contributed by atoms with Gasteiger partial charge in [-0.2, -0.15) is 15.8 Å². The molecule has 696 valence electrons. The summed E-state index contributed by atoms with van der Waals surface area (Å²) in [4.78, 5) is 117. The summed E-state index contributed by atoms with van der Waals surface area (Å²) in [5.41, 5.74) is 13.7. The number of nitrogen functional groups attached to an aromatic ring is 3. The van der Waals surface area contributed by atoms with Crippen LogP contribution in [0.2, 0.25) is 30.1 Å². The Bertz CT molecular complexity index is 6650. The van der Waals surface area contributed by atoms with Gasteiger partial charge in [0.2, 0.25) is 17.7 Å². The molecule has 0 radical (unpaired) electrons. The van der Waals surface area contributed by atoms with Crippen molar-refractivity contribution in [1.29, 1.82) is 15.8 Å². The van der Waals surface area contributed by atoms with Gasteiger partial charge in [0.05, 0.1) is 117 Å². The van der Waals surface area contributed by atoms with Crippen molar-refractivity contribution in [3.63, 3.8) is 0 Å². The summed E-state index contributed by atoms with van der Waals surface area (Å²) >= 11 is 37.7. The quantitative estimate of drug-likeness (QED) is 0.0282. The molecule has 3 fully saturated rings. The van der Waals surface area contributed by atoms with Gasteiger partial charge in [-0.05, 0) is 110 Å². The van der Waals surface area contributed by atoms with Crippen LogP contribution in [0.5, 0.6) is 0 Å². The van der Waals surface area contributed by atoms with Crippen LogP contribution in [0.1, 0.15) is 110 Å². The third-order valence-electron chi connectivity index (χ3n) is 23.2. The number of piperazine rings is 3. The molecule has 3 amide bonds. The maximum absolute atomic E-state index is 15.4. The maximum atomic E-state index is 15.4. The highest BCUT2D eigenvalue weighted by Gasteiger charge is 2.38. The lowest BCUT2D eigenvalue weighted by Crippen LogP contribution is -2.49. The summed E-state index contributed by atoms with van der Waals surface area (Å²) in [7, 11) is 0. The van der Waals surface area contributed by atoms with Crippen LogP contribution in [-0.2, 0) is 14.4 Å². The molecule has 27 nitrogen and oxygen atoms in total. The number of halogens is 15. The molecule has 0 unspecified atom stereocenters. The lowest BCUT2D eigenvalue weighted by atomic mass is 10.0. The smallest absolute Gasteiger partial charge is 0.276 e. The largest absolute Gasteiger partial charge is 0.396 e. The minimum Gasteiger partial charge on any atom is -0.396 e. The highest BCUT2D eigenvalue weighted by molar-refractivity contribution is 6.38. The molecule has 12 aromatic rings. The molecule has 12 heterocycles. The summed E-state index contributed by atoms with van der Waals surface area (Å²) in [5.74, 6) is -15.9. The average molecular weight is 1970 g/mol. The second-order valence-electron chi connectivity index (χ2n) is 32.2. The Labute approximate surface area is 794 Å². The number of rotatable bonds is 15. The maximum Gasteiger partial charge on any atom is 0.276 e. The van der Waals surface area contributed by atoms with Crippen molar-refractivity contribution in [3.05, 3.63) is 257 Å². The Balaban J connectivity index is 0.000000171. The van der Waals surface area contributed by atoms with Gasteiger partial charge in [0.15, 0.2) is 52.4 Å². The molecule has 0 bridgehead atoms. The number of anilines is 6. The number of hydrogen-bond donors (Lipinski definition) is 3. The highest BCUT2D eigenvalue weighted by atomic mass is 35.5. The number of nitrogens with two attached hydrogens (primary N) is 3. The van der Waals surface area contributed by atoms with Crippen LogP contribution in [0.25, 0.3) is 83.9 Å². The zero-order valence-electron chi connectivity index (χ0n) is 73.2. The Kier molecular flexibility index (Phi) is 28.8. The van der Waals surface area contributed by atoms with Crippen LogP contribution < -0.4 is 48.6 Å². The number of aryl methyl sites for hydroxylation is 3. The second kappa shape index (κ2) is 39.4. The Morgan fingerprint density at radius 3 is 0.874 bits per heavy atom. The van der Waals surface area contributed by atoms with Gasteiger partial charge >= 0.3 is 0 Å². The molecule has 0 aliphatic carbocycles. The van der Waals surface area contributed by atoms with Gasteiger partial charge in [0.1, 0.15) is 61.9 Å². The van der Waals surface area contributed by atoms with Crippen molar-refractivity contribution in [2.24, 2.45) is 0 Å². The zero-order valence-corrected chi connectivity index (χ0v) is 77.7. The van der Waals surface area contributed by atoms with E-state index >= 15 is 8.78 Å². The van der Waals surface area contributed by atoms with Crippen molar-refractivity contribution < 1.29 is 53.9 Å². The van der Waals surface area contributed by atoms with Crippen LogP contribution >= 0.6 is 69.6 Å². The van der Waals surface area contributed by atoms with Crippen molar-refractivity contribution >= 4 is 155 Å². The van der Waals surface area contributed by atoms with Gasteiger partial charge in [-0.15, -0.1) is 0 Å². The zero-order chi connectivity index (χ0) is 98.7. The number of nitriles is 3. The number of amides is 3. The van der Waals surface area contributed by atoms with Crippen molar-refractivity contribution in [3.8, 4) is 69.0 Å². The molecule has 3 aliphatic rings. The molecule has 15 rings (SSSR count). The Hall–Kier alpha value is -13.8. The van der Waals surface area contributed by atoms with E-state index in [0.29, 0.717) is 50.8 Å². The fourth-order valence-corrected chi connectivity index (χ4v) is 17.9. The van der Waals surface area contributed by atoms with Gasteiger partial charge in [0, 0.05) is 119 Å². The Morgan fingerprint density at radius 2 is 0.622 bits per heavy atom. The normalized spacial score (nSPS) is 13.4. The summed E-state index contributed by atoms with van der Waals surface area (Å²) in [5, 5.41) is 28.0. The van der Waals surface area contributed by atoms with Crippen LogP contribution in [0.4, 0.5) is 73.6 Å². The first-order chi connectivity index (χ1) is 64.0. The predicted molar refractivity (Wildman–Crippen MR) is 502 cm³/mol. The lowest BCUT2D eigenvalue weighted by Gasteiger charge is -2.36. The van der Waals surface area contributed by atoms with Crippen LogP contribution in [0.3, 0.4) is 0 Å². The molecule has 3 aliphatic heterocycles. The molecule has 42 heteroatoms. The van der Waals surface area contributed by atoms with E-state index in [9.17, 15) is 75.3 Å². The van der Waals surface area contributed by atoms with E-state index in [1.165, 1.54) is 50.1 Å². The molecule has 9 aromatic heterocycles. The SMILES string of the molecule is C=CC(=O)N1CCN(c2c(C#N)c(=O)n(-c3c(C)ccnc3C(C)C)c3nc(-c4c(N)c(F)c(F)c(Cl)c4F)c(Cl)cc23)CC1.C=CC(=O)N1CCN(c2c(C#N)c(=O)n(-c3c(C)ccnc3C(C)C)c3nc(-c4c(N)c(F)c(F)c(Cl)c4F)c(Cl)cc23)CC1.C=CC(=O)N1CCN(c2c(C#N)c(=O)n(-c3c(C)ccnc3C(C)C)c3nc(-c4c(N)c(F)c(F)c(F)c4Cl)c(Cl)cc23)CC1. The second-order valence-corrected chi connectivity index (χ2v) is 34.6. The first-order valence-corrected chi connectivity index (χ1v) is 43.6. The van der Waals surface area contributed by atoms with Crippen molar-refractivity contribution in [2.45, 2.75) is 80.1 Å². The van der Waals surface area contributed by atoms with E-state index in [1.54, 1.807) is 87.0 Å². The number of carbonyl (C=O) groups excluding carboxylic acids is 3. The van der Waals surface area contributed by atoms with E-state index < -0.39 is 129 Å². The summed E-state index contributed by atoms with van der Waals surface area (Å²) in [6, 6.07) is 15.3. The van der Waals surface area contributed by atoms with E-state index in [4.69, 9.17) is 86.8 Å². The average Bonchev–Trinajstić information content (AvgIpc) is 0.728. The van der Waals surface area contributed by atoms with Crippen molar-refractivity contribution in [1.82, 2.24) is 58.3 Å². The number of fused-ring (bicyclic) bond motifs is 3. The lowest BCUT2D eigenvalue weighted by molar-refractivity contribution is -0.127. The molecular weight excluding hydrogens is 1890 g/mol. The van der Waals surface area contributed by atoms with Gasteiger partial charge in [-0.3, -0.25) is 57.4 Å². The molecular formula is C93H78Cl6F9N21O6. The molecule has 3 saturated heterocycles. The fourth-order valence-electron chi connectivity index (χ4n) is 16.6. The monoisotopic (exact) mass is 1970 g/mol. The Morgan fingerprint density at radius 1 is 0.378 bits per heavy atom. The number of carbonyl (C=O) groups is 3. The molecule has 6 N–H and O–H groups in total. The number of pyridine rings is 9. The first kappa shape index (κ1) is 98.7. The van der Waals surface area contributed by atoms with Gasteiger partial charge in [-0.25, -0.2) is 54.5 Å². The van der Waals surface area contributed by atoms with Gasteiger partial charge in [-0.1, -0.05) is 131 Å². The summed E-state index contributed by atoms with van der Waals surface area (Å²) < 4.78 is 136. The minimum atomic E-state index is -1.86. The third-order valence-corrected chi connectivity index (χ3v) is 25.1.